The number of benzene rings is 2. The normalized spacial score (nSPS) is 14.0. The molecule has 0 fully saturated rings. The quantitative estimate of drug-likeness (QED) is 0.833. The molecule has 0 amide bonds. The van der Waals surface area contributed by atoms with Crippen molar-refractivity contribution in [3.63, 3.8) is 0 Å². The van der Waals surface area contributed by atoms with Crippen LogP contribution in [0.5, 0.6) is 5.75 Å². The zero-order chi connectivity index (χ0) is 15.2. The number of rotatable bonds is 6. The molecule has 0 aliphatic heterocycles. The maximum Gasteiger partial charge on any atom is 0.119 e. The Balaban J connectivity index is 2.16. The van der Waals surface area contributed by atoms with Gasteiger partial charge in [-0.15, -0.1) is 0 Å². The van der Waals surface area contributed by atoms with E-state index in [9.17, 15) is 5.11 Å². The van der Waals surface area contributed by atoms with E-state index in [0.717, 1.165) is 17.7 Å². The summed E-state index contributed by atoms with van der Waals surface area (Å²) in [5.41, 5.74) is 2.11. The van der Waals surface area contributed by atoms with Crippen molar-refractivity contribution in [1.82, 2.24) is 0 Å². The fourth-order valence-electron chi connectivity index (χ4n) is 2.59. The highest BCUT2D eigenvalue weighted by atomic mass is 16.5. The first-order valence-corrected chi connectivity index (χ1v) is 7.61. The summed E-state index contributed by atoms with van der Waals surface area (Å²) in [6, 6.07) is 17.9. The first kappa shape index (κ1) is 15.6. The molecule has 21 heavy (non-hydrogen) atoms. The van der Waals surface area contributed by atoms with Crippen LogP contribution in [0.15, 0.2) is 54.6 Å². The lowest BCUT2D eigenvalue weighted by Gasteiger charge is -2.23. The average Bonchev–Trinajstić information content (AvgIpc) is 2.49. The first-order valence-electron chi connectivity index (χ1n) is 7.61. The summed E-state index contributed by atoms with van der Waals surface area (Å²) >= 11 is 0. The van der Waals surface area contributed by atoms with Crippen LogP contribution in [0.25, 0.3) is 0 Å². The average molecular weight is 284 g/mol. The fraction of sp³-hybridized carbons (Fsp3) is 0.368. The summed E-state index contributed by atoms with van der Waals surface area (Å²) in [7, 11) is 0. The Kier molecular flexibility index (Phi) is 5.40. The molecule has 0 bridgehead atoms. The monoisotopic (exact) mass is 284 g/mol. The molecule has 112 valence electrons. The molecule has 2 nitrogen and oxygen atoms in total. The van der Waals surface area contributed by atoms with Crippen molar-refractivity contribution >= 4 is 0 Å². The van der Waals surface area contributed by atoms with Crippen LogP contribution >= 0.6 is 0 Å². The second kappa shape index (κ2) is 7.28. The van der Waals surface area contributed by atoms with Crippen molar-refractivity contribution in [2.24, 2.45) is 0 Å². The second-order valence-corrected chi connectivity index (χ2v) is 5.61. The Morgan fingerprint density at radius 1 is 0.905 bits per heavy atom. The summed E-state index contributed by atoms with van der Waals surface area (Å²) in [6.45, 7) is 6.12. The molecular weight excluding hydrogens is 260 g/mol. The van der Waals surface area contributed by atoms with Gasteiger partial charge in [0.1, 0.15) is 5.75 Å². The Bertz CT molecular complexity index is 531. The van der Waals surface area contributed by atoms with Crippen LogP contribution in [0.3, 0.4) is 0 Å². The summed E-state index contributed by atoms with van der Waals surface area (Å²) < 4.78 is 5.64. The predicted molar refractivity (Wildman–Crippen MR) is 86.6 cm³/mol. The summed E-state index contributed by atoms with van der Waals surface area (Å²) in [5.74, 6) is 0.955. The predicted octanol–water partition coefficient (Wildman–Crippen LogP) is 4.70. The molecule has 0 aliphatic rings. The van der Waals surface area contributed by atoms with E-state index < -0.39 is 6.10 Å². The highest BCUT2D eigenvalue weighted by Gasteiger charge is 2.20. The van der Waals surface area contributed by atoms with Crippen LogP contribution in [0.2, 0.25) is 0 Å². The lowest BCUT2D eigenvalue weighted by Crippen LogP contribution is -2.10. The lowest BCUT2D eigenvalue weighted by atomic mass is 9.87. The van der Waals surface area contributed by atoms with Crippen molar-refractivity contribution in [3.05, 3.63) is 65.7 Å². The van der Waals surface area contributed by atoms with Crippen LogP contribution in [0.4, 0.5) is 0 Å². The molecule has 2 aromatic rings. The summed E-state index contributed by atoms with van der Waals surface area (Å²) in [6.07, 6.45) is 0.564. The molecule has 0 aromatic heterocycles. The van der Waals surface area contributed by atoms with Gasteiger partial charge in [-0.25, -0.2) is 0 Å². The fourth-order valence-corrected chi connectivity index (χ4v) is 2.59. The highest BCUT2D eigenvalue weighted by molar-refractivity contribution is 5.31. The molecule has 2 aromatic carbocycles. The third-order valence-corrected chi connectivity index (χ3v) is 3.64. The number of aliphatic hydroxyl groups excluding tert-OH is 1. The molecule has 0 spiro atoms. The Morgan fingerprint density at radius 3 is 2.05 bits per heavy atom. The molecule has 0 heterocycles. The third-order valence-electron chi connectivity index (χ3n) is 3.64. The van der Waals surface area contributed by atoms with Gasteiger partial charge in [-0.05, 0) is 43.5 Å². The topological polar surface area (TPSA) is 29.5 Å². The van der Waals surface area contributed by atoms with Crippen molar-refractivity contribution in [2.75, 3.05) is 0 Å². The van der Waals surface area contributed by atoms with Gasteiger partial charge in [0.2, 0.25) is 0 Å². The number of ether oxygens (including phenoxy) is 1. The molecule has 0 aliphatic carbocycles. The highest BCUT2D eigenvalue weighted by Crippen LogP contribution is 2.34. The Hall–Kier alpha value is -1.80. The van der Waals surface area contributed by atoms with Gasteiger partial charge in [0, 0.05) is 5.92 Å². The summed E-state index contributed by atoms with van der Waals surface area (Å²) in [5, 5.41) is 10.7. The van der Waals surface area contributed by atoms with Gasteiger partial charge >= 0.3 is 0 Å². The molecule has 2 heteroatoms. The third kappa shape index (κ3) is 4.08. The zero-order valence-corrected chi connectivity index (χ0v) is 13.0. The van der Waals surface area contributed by atoms with Crippen LogP contribution in [0.1, 0.15) is 50.3 Å². The van der Waals surface area contributed by atoms with E-state index >= 15 is 0 Å². The molecule has 0 saturated heterocycles. The summed E-state index contributed by atoms with van der Waals surface area (Å²) in [4.78, 5) is 0. The maximum atomic E-state index is 10.7. The van der Waals surface area contributed by atoms with Crippen molar-refractivity contribution in [2.45, 2.75) is 45.3 Å². The van der Waals surface area contributed by atoms with E-state index in [4.69, 9.17) is 4.74 Å². The number of aliphatic hydroxyl groups is 1. The van der Waals surface area contributed by atoms with Crippen molar-refractivity contribution in [3.8, 4) is 5.75 Å². The molecule has 2 unspecified atom stereocenters. The van der Waals surface area contributed by atoms with Crippen LogP contribution in [-0.4, -0.2) is 11.2 Å². The van der Waals surface area contributed by atoms with Gasteiger partial charge in [-0.1, -0.05) is 49.4 Å². The van der Waals surface area contributed by atoms with Gasteiger partial charge in [0.25, 0.3) is 0 Å². The van der Waals surface area contributed by atoms with Gasteiger partial charge < -0.3 is 9.84 Å². The van der Waals surface area contributed by atoms with Gasteiger partial charge in [0.05, 0.1) is 12.2 Å². The molecule has 0 radical (unpaired) electrons. The van der Waals surface area contributed by atoms with E-state index in [1.165, 1.54) is 5.56 Å². The van der Waals surface area contributed by atoms with E-state index in [0.29, 0.717) is 0 Å². The molecular formula is C19H24O2. The minimum Gasteiger partial charge on any atom is -0.491 e. The van der Waals surface area contributed by atoms with Gasteiger partial charge in [0.15, 0.2) is 0 Å². The minimum absolute atomic E-state index is 0.114. The lowest BCUT2D eigenvalue weighted by molar-refractivity contribution is 0.142. The van der Waals surface area contributed by atoms with Crippen LogP contribution in [0, 0.1) is 0 Å². The van der Waals surface area contributed by atoms with Crippen molar-refractivity contribution in [1.29, 1.82) is 0 Å². The van der Waals surface area contributed by atoms with E-state index in [1.54, 1.807) is 0 Å². The zero-order valence-electron chi connectivity index (χ0n) is 13.0. The van der Waals surface area contributed by atoms with Crippen molar-refractivity contribution < 1.29 is 9.84 Å². The standard InChI is InChI=1S/C19H24O2/c1-4-18(15-8-6-5-7-9-15)19(20)16-10-12-17(13-11-16)21-14(2)3/h5-14,18-20H,4H2,1-3H3. The maximum absolute atomic E-state index is 10.7. The largest absolute Gasteiger partial charge is 0.491 e. The van der Waals surface area contributed by atoms with E-state index in [1.807, 2.05) is 56.3 Å². The molecule has 2 atom stereocenters. The SMILES string of the molecule is CCC(c1ccccc1)C(O)c1ccc(OC(C)C)cc1. The number of hydrogen-bond acceptors (Lipinski definition) is 2. The van der Waals surface area contributed by atoms with Crippen LogP contribution < -0.4 is 4.74 Å². The van der Waals surface area contributed by atoms with E-state index in [-0.39, 0.29) is 12.0 Å². The second-order valence-electron chi connectivity index (χ2n) is 5.61. The van der Waals surface area contributed by atoms with Crippen LogP contribution in [-0.2, 0) is 0 Å². The first-order chi connectivity index (χ1) is 10.1. The number of hydrogen-bond donors (Lipinski definition) is 1. The minimum atomic E-state index is -0.495. The van der Waals surface area contributed by atoms with Gasteiger partial charge in [-0.2, -0.15) is 0 Å². The van der Waals surface area contributed by atoms with E-state index in [2.05, 4.69) is 19.1 Å². The molecule has 0 saturated carbocycles. The molecule has 1 N–H and O–H groups in total. The Morgan fingerprint density at radius 2 is 1.52 bits per heavy atom. The Labute approximate surface area is 127 Å². The molecule has 2 rings (SSSR count). The van der Waals surface area contributed by atoms with Gasteiger partial charge in [-0.3, -0.25) is 0 Å². The smallest absolute Gasteiger partial charge is 0.119 e.